The van der Waals surface area contributed by atoms with Crippen LogP contribution in [-0.2, 0) is 4.79 Å². The first-order chi connectivity index (χ1) is 14.2. The predicted octanol–water partition coefficient (Wildman–Crippen LogP) is 4.20. The van der Waals surface area contributed by atoms with Gasteiger partial charge in [-0.25, -0.2) is 9.97 Å². The SMILES string of the molecule is CC1(C)CC(NC(=O)CNc2ncnc3sc(-c4ccccc4)cc23)CC(C)(C)N1. The van der Waals surface area contributed by atoms with Crippen molar-refractivity contribution in [2.45, 2.75) is 57.7 Å². The van der Waals surface area contributed by atoms with Gasteiger partial charge in [0.1, 0.15) is 17.0 Å². The second kappa shape index (κ2) is 7.96. The average molecular weight is 424 g/mol. The van der Waals surface area contributed by atoms with Crippen LogP contribution in [0.15, 0.2) is 42.7 Å². The van der Waals surface area contributed by atoms with Gasteiger partial charge in [0.15, 0.2) is 0 Å². The van der Waals surface area contributed by atoms with E-state index >= 15 is 0 Å². The Balaban J connectivity index is 1.43. The Bertz CT molecular complexity index is 1030. The maximum absolute atomic E-state index is 12.6. The molecule has 1 aromatic carbocycles. The monoisotopic (exact) mass is 423 g/mol. The van der Waals surface area contributed by atoms with E-state index in [1.807, 2.05) is 18.2 Å². The Hall–Kier alpha value is -2.51. The van der Waals surface area contributed by atoms with Crippen LogP contribution in [0.2, 0.25) is 0 Å². The summed E-state index contributed by atoms with van der Waals surface area (Å²) in [6, 6.07) is 12.5. The molecule has 2 aromatic heterocycles. The third-order valence-electron chi connectivity index (χ3n) is 5.36. The normalized spacial score (nSPS) is 18.3. The topological polar surface area (TPSA) is 78.9 Å². The van der Waals surface area contributed by atoms with E-state index in [9.17, 15) is 4.79 Å². The van der Waals surface area contributed by atoms with Crippen LogP contribution < -0.4 is 16.0 Å². The maximum Gasteiger partial charge on any atom is 0.239 e. The quantitative estimate of drug-likeness (QED) is 0.573. The van der Waals surface area contributed by atoms with Gasteiger partial charge in [-0.3, -0.25) is 4.79 Å². The zero-order valence-corrected chi connectivity index (χ0v) is 18.8. The number of carbonyl (C=O) groups excluding carboxylic acids is 1. The molecule has 1 fully saturated rings. The molecular weight excluding hydrogens is 394 g/mol. The van der Waals surface area contributed by atoms with Crippen molar-refractivity contribution >= 4 is 33.3 Å². The Labute approximate surface area is 181 Å². The van der Waals surface area contributed by atoms with Crippen molar-refractivity contribution in [1.29, 1.82) is 0 Å². The number of hydrogen-bond donors (Lipinski definition) is 3. The van der Waals surface area contributed by atoms with E-state index in [-0.39, 0.29) is 29.6 Å². The summed E-state index contributed by atoms with van der Waals surface area (Å²) in [5, 5.41) is 11.0. The lowest BCUT2D eigenvalue weighted by molar-refractivity contribution is -0.120. The zero-order valence-electron chi connectivity index (χ0n) is 18.0. The fourth-order valence-corrected chi connectivity index (χ4v) is 5.61. The van der Waals surface area contributed by atoms with Crippen LogP contribution in [0.25, 0.3) is 20.7 Å². The molecule has 0 saturated carbocycles. The zero-order chi connectivity index (χ0) is 21.4. The van der Waals surface area contributed by atoms with Gasteiger partial charge in [0, 0.05) is 22.0 Å². The minimum absolute atomic E-state index is 0.00351. The lowest BCUT2D eigenvalue weighted by Gasteiger charge is -2.46. The van der Waals surface area contributed by atoms with Gasteiger partial charge in [-0.1, -0.05) is 30.3 Å². The molecular formula is C23H29N5OS. The second-order valence-electron chi connectivity index (χ2n) is 9.34. The number of thiophene rings is 1. The first kappa shape index (κ1) is 20.8. The summed E-state index contributed by atoms with van der Waals surface area (Å²) in [4.78, 5) is 23.5. The number of carbonyl (C=O) groups is 1. The first-order valence-corrected chi connectivity index (χ1v) is 11.1. The fourth-order valence-electron chi connectivity index (χ4n) is 4.61. The molecule has 0 atom stereocenters. The molecule has 6 nitrogen and oxygen atoms in total. The van der Waals surface area contributed by atoms with Crippen molar-refractivity contribution in [2.75, 3.05) is 11.9 Å². The summed E-state index contributed by atoms with van der Waals surface area (Å²) in [5.74, 6) is 0.679. The number of amides is 1. The minimum atomic E-state index is -0.0150. The van der Waals surface area contributed by atoms with Gasteiger partial charge in [-0.15, -0.1) is 11.3 Å². The van der Waals surface area contributed by atoms with Gasteiger partial charge in [0.05, 0.1) is 11.9 Å². The van der Waals surface area contributed by atoms with Crippen LogP contribution >= 0.6 is 11.3 Å². The van der Waals surface area contributed by atoms with Gasteiger partial charge >= 0.3 is 0 Å². The van der Waals surface area contributed by atoms with E-state index in [1.54, 1.807) is 17.7 Å². The average Bonchev–Trinajstić information content (AvgIpc) is 3.09. The maximum atomic E-state index is 12.6. The molecule has 3 aromatic rings. The third-order valence-corrected chi connectivity index (χ3v) is 6.45. The molecule has 158 valence electrons. The summed E-state index contributed by atoms with van der Waals surface area (Å²) in [7, 11) is 0. The number of nitrogens with one attached hydrogen (secondary N) is 3. The molecule has 4 rings (SSSR count). The van der Waals surface area contributed by atoms with Crippen LogP contribution in [0.3, 0.4) is 0 Å². The Morgan fingerprint density at radius 1 is 1.13 bits per heavy atom. The van der Waals surface area contributed by atoms with Gasteiger partial charge < -0.3 is 16.0 Å². The van der Waals surface area contributed by atoms with E-state index in [0.717, 1.165) is 33.5 Å². The second-order valence-corrected chi connectivity index (χ2v) is 10.4. The molecule has 1 aliphatic rings. The smallest absolute Gasteiger partial charge is 0.239 e. The predicted molar refractivity (Wildman–Crippen MR) is 124 cm³/mol. The van der Waals surface area contributed by atoms with Crippen LogP contribution in [0.4, 0.5) is 5.82 Å². The van der Waals surface area contributed by atoms with E-state index < -0.39 is 0 Å². The summed E-state index contributed by atoms with van der Waals surface area (Å²) in [5.41, 5.74) is 1.15. The fraction of sp³-hybridized carbons (Fsp3) is 0.435. The molecule has 1 aliphatic heterocycles. The van der Waals surface area contributed by atoms with Crippen molar-refractivity contribution in [3.63, 3.8) is 0 Å². The summed E-state index contributed by atoms with van der Waals surface area (Å²) in [6.45, 7) is 8.93. The molecule has 3 heterocycles. The van der Waals surface area contributed by atoms with Gasteiger partial charge in [0.25, 0.3) is 0 Å². The molecule has 0 radical (unpaired) electrons. The number of nitrogens with zero attached hydrogens (tertiary/aromatic N) is 2. The van der Waals surface area contributed by atoms with Crippen LogP contribution in [-0.4, -0.2) is 39.5 Å². The summed E-state index contributed by atoms with van der Waals surface area (Å²) in [6.07, 6.45) is 3.36. The number of anilines is 1. The number of rotatable bonds is 5. The highest BCUT2D eigenvalue weighted by atomic mass is 32.1. The van der Waals surface area contributed by atoms with E-state index in [2.05, 4.69) is 71.8 Å². The molecule has 0 aliphatic carbocycles. The Kier molecular flexibility index (Phi) is 5.51. The molecule has 30 heavy (non-hydrogen) atoms. The van der Waals surface area contributed by atoms with Crippen LogP contribution in [0.5, 0.6) is 0 Å². The lowest BCUT2D eigenvalue weighted by atomic mass is 9.79. The Morgan fingerprint density at radius 3 is 2.53 bits per heavy atom. The highest BCUT2D eigenvalue weighted by molar-refractivity contribution is 7.21. The largest absolute Gasteiger partial charge is 0.360 e. The van der Waals surface area contributed by atoms with E-state index in [1.165, 1.54) is 0 Å². The molecule has 1 amide bonds. The van der Waals surface area contributed by atoms with E-state index in [0.29, 0.717) is 5.82 Å². The van der Waals surface area contributed by atoms with Crippen molar-refractivity contribution < 1.29 is 4.79 Å². The van der Waals surface area contributed by atoms with Crippen LogP contribution in [0.1, 0.15) is 40.5 Å². The first-order valence-electron chi connectivity index (χ1n) is 10.3. The summed E-state index contributed by atoms with van der Waals surface area (Å²) >= 11 is 1.63. The molecule has 0 spiro atoms. The molecule has 0 bridgehead atoms. The number of aromatic nitrogens is 2. The van der Waals surface area contributed by atoms with Crippen molar-refractivity contribution in [3.05, 3.63) is 42.7 Å². The summed E-state index contributed by atoms with van der Waals surface area (Å²) < 4.78 is 0. The van der Waals surface area contributed by atoms with Crippen molar-refractivity contribution in [2.24, 2.45) is 0 Å². The third kappa shape index (κ3) is 4.79. The number of fused-ring (bicyclic) bond motifs is 1. The number of piperidine rings is 1. The lowest BCUT2D eigenvalue weighted by Crippen LogP contribution is -2.62. The molecule has 1 saturated heterocycles. The Morgan fingerprint density at radius 2 is 1.83 bits per heavy atom. The van der Waals surface area contributed by atoms with Gasteiger partial charge in [0.2, 0.25) is 5.91 Å². The molecule has 7 heteroatoms. The van der Waals surface area contributed by atoms with Crippen LogP contribution in [0, 0.1) is 0 Å². The highest BCUT2D eigenvalue weighted by Gasteiger charge is 2.38. The van der Waals surface area contributed by atoms with Gasteiger partial charge in [-0.2, -0.15) is 0 Å². The van der Waals surface area contributed by atoms with Crippen molar-refractivity contribution in [1.82, 2.24) is 20.6 Å². The highest BCUT2D eigenvalue weighted by Crippen LogP contribution is 2.34. The minimum Gasteiger partial charge on any atom is -0.360 e. The van der Waals surface area contributed by atoms with E-state index in [4.69, 9.17) is 0 Å². The number of hydrogen-bond acceptors (Lipinski definition) is 6. The van der Waals surface area contributed by atoms with Gasteiger partial charge in [-0.05, 0) is 52.2 Å². The molecule has 3 N–H and O–H groups in total. The molecule has 0 unspecified atom stereocenters. The number of benzene rings is 1. The van der Waals surface area contributed by atoms with Crippen molar-refractivity contribution in [3.8, 4) is 10.4 Å². The standard InChI is InChI=1S/C23H29N5OS/c1-22(2)11-16(12-23(3,4)28-22)27-19(29)13-24-20-17-10-18(15-8-6-5-7-9-15)30-21(17)26-14-25-20/h5-10,14,16,28H,11-13H2,1-4H3,(H,27,29)(H,24,25,26).